The number of aryl methyl sites for hydroxylation is 1. The van der Waals surface area contributed by atoms with Crippen LogP contribution in [0.5, 0.6) is 5.88 Å². The fourth-order valence-corrected chi connectivity index (χ4v) is 4.93. The van der Waals surface area contributed by atoms with E-state index < -0.39 is 11.7 Å². The number of benzene rings is 2. The van der Waals surface area contributed by atoms with Gasteiger partial charge in [0, 0.05) is 53.6 Å². The van der Waals surface area contributed by atoms with Crippen LogP contribution in [0.3, 0.4) is 0 Å². The van der Waals surface area contributed by atoms with E-state index in [1.807, 2.05) is 56.9 Å². The number of halogens is 3. The number of hydrogen-bond acceptors (Lipinski definition) is 4. The summed E-state index contributed by atoms with van der Waals surface area (Å²) < 4.78 is 48.8. The van der Waals surface area contributed by atoms with Gasteiger partial charge in [0.15, 0.2) is 0 Å². The van der Waals surface area contributed by atoms with Crippen LogP contribution >= 0.6 is 0 Å². The van der Waals surface area contributed by atoms with Crippen LogP contribution in [-0.4, -0.2) is 25.2 Å². The maximum Gasteiger partial charge on any atom is 0.418 e. The minimum Gasteiger partial charge on any atom is -0.481 e. The lowest BCUT2D eigenvalue weighted by Crippen LogP contribution is -2.28. The number of ether oxygens (including phenoxy) is 1. The van der Waals surface area contributed by atoms with Crippen LogP contribution in [0.15, 0.2) is 85.2 Å². The van der Waals surface area contributed by atoms with Gasteiger partial charge in [-0.15, -0.1) is 0 Å². The molecule has 0 N–H and O–H groups in total. The second-order valence-corrected chi connectivity index (χ2v) is 10.1. The topological polar surface area (TPSA) is 28.6 Å². The summed E-state index contributed by atoms with van der Waals surface area (Å²) >= 11 is 0. The van der Waals surface area contributed by atoms with Crippen molar-refractivity contribution < 1.29 is 17.9 Å². The van der Waals surface area contributed by atoms with Gasteiger partial charge in [-0.25, -0.2) is 4.98 Å². The number of nitrogens with zero attached hydrogens (tertiary/aromatic N) is 3. The zero-order valence-corrected chi connectivity index (χ0v) is 24.9. The number of hydrogen-bond donors (Lipinski definition) is 0. The van der Waals surface area contributed by atoms with Crippen molar-refractivity contribution in [3.63, 3.8) is 0 Å². The first-order valence-corrected chi connectivity index (χ1v) is 13.8. The molecule has 0 saturated heterocycles. The van der Waals surface area contributed by atoms with E-state index >= 15 is 0 Å². The Kier molecular flexibility index (Phi) is 10.4. The van der Waals surface area contributed by atoms with Crippen LogP contribution in [0.25, 0.3) is 16.8 Å². The number of rotatable bonds is 12. The third kappa shape index (κ3) is 7.20. The van der Waals surface area contributed by atoms with Crippen LogP contribution in [-0.2, 0) is 6.18 Å². The van der Waals surface area contributed by atoms with E-state index in [0.29, 0.717) is 36.1 Å². The summed E-state index contributed by atoms with van der Waals surface area (Å²) in [4.78, 5) is 7.94. The van der Waals surface area contributed by atoms with Crippen molar-refractivity contribution in [2.75, 3.05) is 30.0 Å². The number of alkyl halides is 3. The van der Waals surface area contributed by atoms with Gasteiger partial charge in [0.25, 0.3) is 0 Å². The first-order valence-electron chi connectivity index (χ1n) is 13.8. The fraction of sp³-hybridized carbons (Fsp3) is 0.324. The van der Waals surface area contributed by atoms with E-state index in [2.05, 4.69) is 18.1 Å². The second kappa shape index (κ2) is 13.6. The molecular weight excluding hydrogens is 523 g/mol. The maximum atomic E-state index is 14.5. The van der Waals surface area contributed by atoms with Gasteiger partial charge in [-0.05, 0) is 80.6 Å². The maximum absolute atomic E-state index is 14.5. The molecule has 0 radical (unpaired) electrons. The lowest BCUT2D eigenvalue weighted by molar-refractivity contribution is -0.137. The Morgan fingerprint density at radius 3 is 2.15 bits per heavy atom. The molecule has 3 rings (SSSR count). The Balaban J connectivity index is 2.25. The van der Waals surface area contributed by atoms with E-state index in [1.54, 1.807) is 49.4 Å². The SMILES string of the molecule is C=C/C(C)=C(\c1cc(-c2ccc(OC)nc2)ccc1C)N(C(=C)C)c1ccc(N(CCC)CCC)c(C(F)(F)F)c1. The van der Waals surface area contributed by atoms with Crippen LogP contribution in [0.2, 0.25) is 0 Å². The molecule has 1 heterocycles. The molecule has 218 valence electrons. The minimum atomic E-state index is -4.53. The molecule has 2 aromatic carbocycles. The average Bonchev–Trinajstić information content (AvgIpc) is 2.95. The highest BCUT2D eigenvalue weighted by Gasteiger charge is 2.36. The molecule has 3 aromatic rings. The van der Waals surface area contributed by atoms with E-state index in [-0.39, 0.29) is 5.69 Å². The molecular formula is C34H40F3N3O. The molecule has 0 aliphatic rings. The zero-order chi connectivity index (χ0) is 30.3. The molecule has 0 fully saturated rings. The fourth-order valence-electron chi connectivity index (χ4n) is 4.93. The molecule has 0 spiro atoms. The Morgan fingerprint density at radius 1 is 0.976 bits per heavy atom. The third-order valence-electron chi connectivity index (χ3n) is 6.93. The van der Waals surface area contributed by atoms with Gasteiger partial charge >= 0.3 is 6.18 Å². The van der Waals surface area contributed by atoms with Crippen LogP contribution in [0, 0.1) is 6.92 Å². The molecule has 4 nitrogen and oxygen atoms in total. The van der Waals surface area contributed by atoms with E-state index in [9.17, 15) is 13.2 Å². The Bertz CT molecular complexity index is 1400. The number of allylic oxidation sites excluding steroid dienone is 3. The van der Waals surface area contributed by atoms with E-state index in [4.69, 9.17) is 4.74 Å². The van der Waals surface area contributed by atoms with Crippen molar-refractivity contribution in [1.82, 2.24) is 4.98 Å². The number of methoxy groups -OCH3 is 1. The van der Waals surface area contributed by atoms with Gasteiger partial charge in [0.1, 0.15) is 0 Å². The lowest BCUT2D eigenvalue weighted by atomic mass is 9.95. The summed E-state index contributed by atoms with van der Waals surface area (Å²) in [7, 11) is 1.56. The van der Waals surface area contributed by atoms with Crippen molar-refractivity contribution in [1.29, 1.82) is 0 Å². The Hall–Kier alpha value is -4.00. The van der Waals surface area contributed by atoms with Gasteiger partial charge in [0.2, 0.25) is 5.88 Å². The molecule has 0 unspecified atom stereocenters. The summed E-state index contributed by atoms with van der Waals surface area (Å²) in [6, 6.07) is 14.3. The number of pyridine rings is 1. The normalized spacial score (nSPS) is 12.0. The third-order valence-corrected chi connectivity index (χ3v) is 6.93. The van der Waals surface area contributed by atoms with Gasteiger partial charge in [-0.2, -0.15) is 13.2 Å². The molecule has 41 heavy (non-hydrogen) atoms. The largest absolute Gasteiger partial charge is 0.481 e. The molecule has 7 heteroatoms. The number of anilines is 2. The smallest absolute Gasteiger partial charge is 0.418 e. The molecule has 0 saturated carbocycles. The lowest BCUT2D eigenvalue weighted by Gasteiger charge is -2.33. The minimum absolute atomic E-state index is 0.197. The molecule has 1 aromatic heterocycles. The van der Waals surface area contributed by atoms with Gasteiger partial charge in [0.05, 0.1) is 18.4 Å². The number of aromatic nitrogens is 1. The van der Waals surface area contributed by atoms with Gasteiger partial charge in [-0.3, -0.25) is 0 Å². The van der Waals surface area contributed by atoms with Crippen LogP contribution in [0.4, 0.5) is 24.5 Å². The van der Waals surface area contributed by atoms with Crippen molar-refractivity contribution >= 4 is 17.1 Å². The molecule has 0 aliphatic carbocycles. The summed E-state index contributed by atoms with van der Waals surface area (Å²) in [5.41, 5.74) is 5.64. The first kappa shape index (κ1) is 31.5. The monoisotopic (exact) mass is 563 g/mol. The van der Waals surface area contributed by atoms with Crippen LogP contribution < -0.4 is 14.5 Å². The molecule has 0 bridgehead atoms. The summed E-state index contributed by atoms with van der Waals surface area (Å²) in [6.45, 7) is 18.9. The van der Waals surface area contributed by atoms with Crippen molar-refractivity contribution in [2.24, 2.45) is 0 Å². The Morgan fingerprint density at radius 2 is 1.63 bits per heavy atom. The molecule has 0 atom stereocenters. The van der Waals surface area contributed by atoms with Crippen molar-refractivity contribution in [2.45, 2.75) is 53.6 Å². The second-order valence-electron chi connectivity index (χ2n) is 10.1. The highest BCUT2D eigenvalue weighted by Crippen LogP contribution is 2.42. The van der Waals surface area contributed by atoms with Gasteiger partial charge in [-0.1, -0.05) is 45.2 Å². The van der Waals surface area contributed by atoms with E-state index in [1.165, 1.54) is 6.07 Å². The van der Waals surface area contributed by atoms with E-state index in [0.717, 1.165) is 40.7 Å². The molecule has 0 aliphatic heterocycles. The summed E-state index contributed by atoms with van der Waals surface area (Å²) in [6.07, 6.45) is 0.430. The van der Waals surface area contributed by atoms with Crippen LogP contribution in [0.1, 0.15) is 57.2 Å². The predicted molar refractivity (Wildman–Crippen MR) is 165 cm³/mol. The first-order chi connectivity index (χ1) is 19.5. The van der Waals surface area contributed by atoms with Crippen molar-refractivity contribution in [3.8, 4) is 17.0 Å². The standard InChI is InChI=1S/C34H40F3N3O/c1-9-18-39(19-10-2)31-16-15-28(21-30(31)34(35,36)37)40(23(4)5)33(24(6)11-3)29-20-26(13-12-25(29)7)27-14-17-32(41-8)38-22-27/h11-17,20-22H,3-4,9-10,18-19H2,1-2,5-8H3/b33-24+. The molecule has 0 amide bonds. The summed E-state index contributed by atoms with van der Waals surface area (Å²) in [5, 5.41) is 0. The Labute approximate surface area is 242 Å². The predicted octanol–water partition coefficient (Wildman–Crippen LogP) is 9.67. The highest BCUT2D eigenvalue weighted by atomic mass is 19.4. The average molecular weight is 564 g/mol. The van der Waals surface area contributed by atoms with Gasteiger partial charge < -0.3 is 14.5 Å². The quantitative estimate of drug-likeness (QED) is 0.205. The van der Waals surface area contributed by atoms with Crippen molar-refractivity contribution in [3.05, 3.63) is 102 Å². The highest BCUT2D eigenvalue weighted by molar-refractivity contribution is 5.88. The zero-order valence-electron chi connectivity index (χ0n) is 24.9. The summed E-state index contributed by atoms with van der Waals surface area (Å²) in [5.74, 6) is 0.512.